The number of anilines is 1. The molecule has 1 aromatic rings. The zero-order valence-corrected chi connectivity index (χ0v) is 11.5. The molecule has 102 valence electrons. The lowest BCUT2D eigenvalue weighted by Crippen LogP contribution is -2.41. The van der Waals surface area contributed by atoms with E-state index in [1.807, 2.05) is 27.7 Å². The van der Waals surface area contributed by atoms with E-state index in [0.29, 0.717) is 11.7 Å². The summed E-state index contributed by atoms with van der Waals surface area (Å²) in [6.07, 6.45) is 0.572. The second-order valence-corrected chi connectivity index (χ2v) is 5.71. The van der Waals surface area contributed by atoms with E-state index in [4.69, 9.17) is 15.0 Å². The average Bonchev–Trinajstić information content (AvgIpc) is 2.51. The third-order valence-corrected chi connectivity index (χ3v) is 3.84. The number of nitrogen functional groups attached to an aromatic ring is 1. The minimum absolute atomic E-state index is 0.0321. The van der Waals surface area contributed by atoms with E-state index in [0.717, 1.165) is 6.07 Å². The van der Waals surface area contributed by atoms with Gasteiger partial charge in [-0.05, 0) is 45.3 Å². The Kier molecular flexibility index (Phi) is 3.19. The Morgan fingerprint density at radius 3 is 2.21 bits per heavy atom. The molecule has 1 heterocycles. The maximum absolute atomic E-state index is 13.4. The van der Waals surface area contributed by atoms with Gasteiger partial charge in [-0.2, -0.15) is 0 Å². The smallest absolute Gasteiger partial charge is 0.399 e. The van der Waals surface area contributed by atoms with Crippen molar-refractivity contribution >= 4 is 24.6 Å². The third-order valence-electron chi connectivity index (χ3n) is 3.84. The number of hydrogen-bond acceptors (Lipinski definition) is 4. The van der Waals surface area contributed by atoms with Crippen molar-refractivity contribution in [1.82, 2.24) is 0 Å². The molecule has 0 bridgehead atoms. The lowest BCUT2D eigenvalue weighted by molar-refractivity contribution is 0.00578. The molecule has 0 radical (unpaired) electrons. The summed E-state index contributed by atoms with van der Waals surface area (Å²) in [5.74, 6) is -0.623. The first-order valence-corrected chi connectivity index (χ1v) is 6.08. The Balaban J connectivity index is 2.44. The molecule has 19 heavy (non-hydrogen) atoms. The van der Waals surface area contributed by atoms with Crippen LogP contribution in [-0.4, -0.2) is 24.6 Å². The summed E-state index contributed by atoms with van der Waals surface area (Å²) in [5.41, 5.74) is 5.10. The van der Waals surface area contributed by atoms with Crippen molar-refractivity contribution < 1.29 is 18.5 Å². The average molecular weight is 265 g/mol. The van der Waals surface area contributed by atoms with Gasteiger partial charge in [-0.3, -0.25) is 4.79 Å². The monoisotopic (exact) mass is 265 g/mol. The van der Waals surface area contributed by atoms with Crippen LogP contribution in [0.4, 0.5) is 10.1 Å². The summed E-state index contributed by atoms with van der Waals surface area (Å²) in [7, 11) is -0.729. The first-order valence-electron chi connectivity index (χ1n) is 6.08. The van der Waals surface area contributed by atoms with E-state index in [1.54, 1.807) is 0 Å². The quantitative estimate of drug-likeness (QED) is 0.500. The zero-order chi connectivity index (χ0) is 14.4. The molecular formula is C13H17BFNO3. The van der Waals surface area contributed by atoms with Crippen LogP contribution in [0.5, 0.6) is 0 Å². The van der Waals surface area contributed by atoms with Crippen molar-refractivity contribution in [3.8, 4) is 0 Å². The van der Waals surface area contributed by atoms with Crippen LogP contribution in [-0.2, 0) is 9.31 Å². The van der Waals surface area contributed by atoms with Crippen molar-refractivity contribution in [2.45, 2.75) is 38.9 Å². The van der Waals surface area contributed by atoms with E-state index in [1.165, 1.54) is 6.07 Å². The van der Waals surface area contributed by atoms with E-state index in [9.17, 15) is 9.18 Å². The number of aldehydes is 1. The second-order valence-electron chi connectivity index (χ2n) is 5.71. The molecule has 0 aliphatic carbocycles. The highest BCUT2D eigenvalue weighted by Gasteiger charge is 2.52. The van der Waals surface area contributed by atoms with Crippen LogP contribution in [0, 0.1) is 5.82 Å². The highest BCUT2D eigenvalue weighted by atomic mass is 19.1. The van der Waals surface area contributed by atoms with Crippen molar-refractivity contribution in [2.24, 2.45) is 0 Å². The second kappa shape index (κ2) is 4.32. The van der Waals surface area contributed by atoms with Crippen LogP contribution in [0.3, 0.4) is 0 Å². The SMILES string of the molecule is CC1(C)OB(c2cc(N)c(F)cc2C=O)OC1(C)C. The summed E-state index contributed by atoms with van der Waals surface area (Å²) < 4.78 is 25.0. The first kappa shape index (κ1) is 14.0. The highest BCUT2D eigenvalue weighted by Crippen LogP contribution is 2.36. The molecule has 0 saturated carbocycles. The molecule has 1 aliphatic rings. The third kappa shape index (κ3) is 2.26. The largest absolute Gasteiger partial charge is 0.495 e. The van der Waals surface area contributed by atoms with Crippen LogP contribution < -0.4 is 11.2 Å². The van der Waals surface area contributed by atoms with Gasteiger partial charge in [0.05, 0.1) is 16.9 Å². The van der Waals surface area contributed by atoms with Gasteiger partial charge >= 0.3 is 7.12 Å². The lowest BCUT2D eigenvalue weighted by Gasteiger charge is -2.32. The van der Waals surface area contributed by atoms with E-state index in [-0.39, 0.29) is 11.3 Å². The van der Waals surface area contributed by atoms with Crippen molar-refractivity contribution in [2.75, 3.05) is 5.73 Å². The maximum Gasteiger partial charge on any atom is 0.495 e. The highest BCUT2D eigenvalue weighted by molar-refractivity contribution is 6.63. The number of carbonyl (C=O) groups is 1. The number of benzene rings is 1. The summed E-state index contributed by atoms with van der Waals surface area (Å²) in [6.45, 7) is 7.61. The Hall–Kier alpha value is -1.40. The van der Waals surface area contributed by atoms with Crippen LogP contribution in [0.2, 0.25) is 0 Å². The van der Waals surface area contributed by atoms with E-state index in [2.05, 4.69) is 0 Å². The van der Waals surface area contributed by atoms with Crippen LogP contribution in [0.1, 0.15) is 38.1 Å². The predicted octanol–water partition coefficient (Wildman–Crippen LogP) is 1.52. The molecule has 1 aliphatic heterocycles. The van der Waals surface area contributed by atoms with Gasteiger partial charge in [-0.25, -0.2) is 4.39 Å². The molecular weight excluding hydrogens is 248 g/mol. The van der Waals surface area contributed by atoms with E-state index < -0.39 is 24.1 Å². The summed E-state index contributed by atoms with van der Waals surface area (Å²) in [6, 6.07) is 2.49. The minimum Gasteiger partial charge on any atom is -0.399 e. The predicted molar refractivity (Wildman–Crippen MR) is 71.9 cm³/mol. The van der Waals surface area contributed by atoms with Gasteiger partial charge in [0.1, 0.15) is 12.1 Å². The standard InChI is InChI=1S/C13H17BFNO3/c1-12(2)13(3,4)19-14(18-12)9-6-11(16)10(15)5-8(9)7-17/h5-7H,16H2,1-4H3. The number of hydrogen-bond donors (Lipinski definition) is 1. The van der Waals surface area contributed by atoms with Gasteiger partial charge in [0, 0.05) is 5.56 Å². The van der Waals surface area contributed by atoms with Crippen molar-refractivity contribution in [3.63, 3.8) is 0 Å². The number of halogens is 1. The molecule has 6 heteroatoms. The number of rotatable bonds is 2. The summed E-state index contributed by atoms with van der Waals surface area (Å²) in [5, 5.41) is 0. The number of nitrogens with two attached hydrogens (primary N) is 1. The van der Waals surface area contributed by atoms with Crippen LogP contribution >= 0.6 is 0 Å². The Morgan fingerprint density at radius 1 is 1.21 bits per heavy atom. The van der Waals surface area contributed by atoms with Crippen molar-refractivity contribution in [1.29, 1.82) is 0 Å². The molecule has 4 nitrogen and oxygen atoms in total. The molecule has 0 unspecified atom stereocenters. The molecule has 0 aromatic heterocycles. The maximum atomic E-state index is 13.4. The van der Waals surface area contributed by atoms with E-state index >= 15 is 0 Å². The normalized spacial score (nSPS) is 20.6. The Labute approximate surface area is 112 Å². The summed E-state index contributed by atoms with van der Waals surface area (Å²) in [4.78, 5) is 11.1. The summed E-state index contributed by atoms with van der Waals surface area (Å²) >= 11 is 0. The van der Waals surface area contributed by atoms with Gasteiger partial charge in [0.25, 0.3) is 0 Å². The molecule has 2 rings (SSSR count). The fraction of sp³-hybridized carbons (Fsp3) is 0.462. The first-order chi connectivity index (χ1) is 8.68. The van der Waals surface area contributed by atoms with Crippen LogP contribution in [0.15, 0.2) is 12.1 Å². The van der Waals surface area contributed by atoms with Gasteiger partial charge < -0.3 is 15.0 Å². The number of carbonyl (C=O) groups excluding carboxylic acids is 1. The molecule has 0 spiro atoms. The fourth-order valence-electron chi connectivity index (χ4n) is 1.90. The van der Waals surface area contributed by atoms with Crippen LogP contribution in [0.25, 0.3) is 0 Å². The molecule has 2 N–H and O–H groups in total. The molecule has 0 amide bonds. The van der Waals surface area contributed by atoms with Gasteiger partial charge in [0.2, 0.25) is 0 Å². The zero-order valence-electron chi connectivity index (χ0n) is 11.5. The molecule has 0 atom stereocenters. The fourth-order valence-corrected chi connectivity index (χ4v) is 1.90. The Morgan fingerprint density at radius 2 is 1.74 bits per heavy atom. The lowest BCUT2D eigenvalue weighted by atomic mass is 9.76. The molecule has 1 saturated heterocycles. The topological polar surface area (TPSA) is 61.5 Å². The van der Waals surface area contributed by atoms with Gasteiger partial charge in [-0.1, -0.05) is 0 Å². The van der Waals surface area contributed by atoms with Gasteiger partial charge in [-0.15, -0.1) is 0 Å². The van der Waals surface area contributed by atoms with Crippen molar-refractivity contribution in [3.05, 3.63) is 23.5 Å². The molecule has 1 aromatic carbocycles. The van der Waals surface area contributed by atoms with Gasteiger partial charge in [0.15, 0.2) is 0 Å². The minimum atomic E-state index is -0.729. The molecule has 1 fully saturated rings. The Bertz CT molecular complexity index is 515.